The van der Waals surface area contributed by atoms with Crippen molar-refractivity contribution in [3.63, 3.8) is 0 Å². The summed E-state index contributed by atoms with van der Waals surface area (Å²) in [6.45, 7) is 29.1. The van der Waals surface area contributed by atoms with Crippen molar-refractivity contribution in [1.82, 2.24) is 0 Å². The Hall–Kier alpha value is 0.412. The Bertz CT molecular complexity index is 2260. The van der Waals surface area contributed by atoms with Gasteiger partial charge in [-0.05, 0) is 85.0 Å². The van der Waals surface area contributed by atoms with Gasteiger partial charge in [-0.15, -0.1) is 23.7 Å². The van der Waals surface area contributed by atoms with Crippen LogP contribution in [0.2, 0.25) is 0 Å². The van der Waals surface area contributed by atoms with Crippen LogP contribution in [0.15, 0.2) is 158 Å². The molecule has 2 aromatic rings. The first-order chi connectivity index (χ1) is 42.8. The van der Waals surface area contributed by atoms with Crippen molar-refractivity contribution in [2.75, 3.05) is 0 Å². The molecular formula is C72H120O5P11U-. The summed E-state index contributed by atoms with van der Waals surface area (Å²) in [5.41, 5.74) is 4.70. The SMILES string of the molecule is CC.CC.CCC#CCC(OP(P)P)c1ccccc1/C=C/C(OPP)C(C)C/C=C\CCC.CCC#CCC(OP(P)P)c1ccccc1C=CC(OPP)C(C)CC=CCCC.[CH2-]C=CCC(C)C=CC=CCC=CCC=CC=CC(CCC)OP.[U]. The van der Waals surface area contributed by atoms with Crippen molar-refractivity contribution in [3.05, 3.63) is 187 Å². The molecule has 0 saturated heterocycles. The molecule has 0 spiro atoms. The molecule has 0 radical (unpaired) electrons. The van der Waals surface area contributed by atoms with Gasteiger partial charge in [-0.2, -0.15) is 0 Å². The third-order valence-electron chi connectivity index (χ3n) is 12.5. The van der Waals surface area contributed by atoms with E-state index in [4.69, 9.17) is 22.6 Å². The fourth-order valence-electron chi connectivity index (χ4n) is 7.89. The Morgan fingerprint density at radius 1 is 0.528 bits per heavy atom. The van der Waals surface area contributed by atoms with Crippen molar-refractivity contribution < 1.29 is 53.7 Å². The second kappa shape index (κ2) is 72.7. The van der Waals surface area contributed by atoms with Gasteiger partial charge in [0.1, 0.15) is 0 Å². The quantitative estimate of drug-likeness (QED) is 0.0219. The van der Waals surface area contributed by atoms with Gasteiger partial charge in [0.2, 0.25) is 0 Å². The van der Waals surface area contributed by atoms with E-state index >= 15 is 0 Å². The molecule has 2 aromatic carbocycles. The minimum atomic E-state index is -0.637. The summed E-state index contributed by atoms with van der Waals surface area (Å²) in [4.78, 5) is 0. The fourth-order valence-corrected chi connectivity index (χ4v) is 12.7. The predicted octanol–water partition coefficient (Wildman–Crippen LogP) is 26.4. The minimum Gasteiger partial charge on any atom is -0.358 e. The van der Waals surface area contributed by atoms with Gasteiger partial charge >= 0.3 is 0 Å². The summed E-state index contributed by atoms with van der Waals surface area (Å²) < 4.78 is 29.8. The zero-order chi connectivity index (χ0) is 66.3. The molecule has 17 heteroatoms. The molecule has 17 atom stereocenters. The zero-order valence-electron chi connectivity index (χ0n) is 56.6. The van der Waals surface area contributed by atoms with Crippen LogP contribution in [0.4, 0.5) is 0 Å². The van der Waals surface area contributed by atoms with E-state index in [-0.39, 0.29) is 61.6 Å². The third kappa shape index (κ3) is 56.2. The molecule has 0 N–H and O–H groups in total. The van der Waals surface area contributed by atoms with E-state index in [1.54, 1.807) is 0 Å². The molecule has 5 nitrogen and oxygen atoms in total. The molecule has 0 aliphatic heterocycles. The standard InChI is InChI=1S/2C23H37O2P5.C22H34OP.2C2H6.U/c2*1-4-6-8-10-13-19(3)22(24-29-26)18-17-20-14-11-12-15-21(20)23(25-30(27)28)16-9-7-5-2;1-4-6-18-21(3)19-15-13-11-9-7-8-10-12-14-16-20-22(23-24)17-5-2;2*1-2;/h2*8,10-12,14-15,17-19,22-23,29H,4-6,13,16,26-28H2,1-3H3;4,6-8,11-16,19-22H,1,5,9-10,17-18,24H2,2-3H3;2*1-2H3;/q;;-1;;;/b10-8-,18-17+;;;;;. The van der Waals surface area contributed by atoms with Crippen LogP contribution in [-0.2, 0) is 22.6 Å². The van der Waals surface area contributed by atoms with Gasteiger partial charge in [0.15, 0.2) is 0 Å². The molecule has 2 rings (SSSR count). The topological polar surface area (TPSA) is 46.2 Å². The van der Waals surface area contributed by atoms with E-state index in [0.29, 0.717) is 47.6 Å². The van der Waals surface area contributed by atoms with Crippen LogP contribution in [0.3, 0.4) is 0 Å². The van der Waals surface area contributed by atoms with Gasteiger partial charge in [0, 0.05) is 83.3 Å². The molecule has 0 heterocycles. The van der Waals surface area contributed by atoms with E-state index in [2.05, 4.69) is 313 Å². The monoisotopic (exact) mass is 1640 g/mol. The van der Waals surface area contributed by atoms with E-state index in [1.165, 1.54) is 35.1 Å². The zero-order valence-corrected chi connectivity index (χ0v) is 72.6. The van der Waals surface area contributed by atoms with E-state index in [9.17, 15) is 0 Å². The average Bonchev–Trinajstić information content (AvgIpc) is 3.70. The minimum absolute atomic E-state index is 0. The van der Waals surface area contributed by atoms with E-state index < -0.39 is 15.1 Å². The molecule has 0 amide bonds. The van der Waals surface area contributed by atoms with Crippen LogP contribution < -0.4 is 0 Å². The Morgan fingerprint density at radius 3 is 1.33 bits per heavy atom. The third-order valence-corrected chi connectivity index (χ3v) is 16.9. The number of benzene rings is 2. The summed E-state index contributed by atoms with van der Waals surface area (Å²) in [6, 6.07) is 16.9. The first kappa shape index (κ1) is 95.8. The summed E-state index contributed by atoms with van der Waals surface area (Å²) in [5, 5.41) is 0. The number of allylic oxidation sites excluding steroid dienone is 15. The number of rotatable bonds is 39. The van der Waals surface area contributed by atoms with Crippen molar-refractivity contribution in [3.8, 4) is 23.7 Å². The first-order valence-corrected chi connectivity index (χ1v) is 46.7. The van der Waals surface area contributed by atoms with Crippen LogP contribution in [0.5, 0.6) is 0 Å². The summed E-state index contributed by atoms with van der Waals surface area (Å²) in [5.74, 6) is 14.3. The molecule has 498 valence electrons. The van der Waals surface area contributed by atoms with Gasteiger partial charge in [-0.3, -0.25) is 0 Å². The first-order valence-electron chi connectivity index (χ1n) is 31.8. The van der Waals surface area contributed by atoms with Crippen LogP contribution in [-0.4, -0.2) is 18.3 Å². The summed E-state index contributed by atoms with van der Waals surface area (Å²) >= 11 is 0. The largest absolute Gasteiger partial charge is 0.358 e. The molecule has 0 aliphatic carbocycles. The van der Waals surface area contributed by atoms with Crippen molar-refractivity contribution in [1.29, 1.82) is 0 Å². The Labute approximate surface area is 594 Å². The Kier molecular flexibility index (Phi) is 78.2. The second-order valence-corrected chi connectivity index (χ2v) is 33.9. The van der Waals surface area contributed by atoms with Gasteiger partial charge in [-0.25, -0.2) is 19.1 Å². The van der Waals surface area contributed by atoms with Crippen molar-refractivity contribution >= 4 is 107 Å². The fraction of sp³-hybridized carbons (Fsp3) is 0.486. The maximum atomic E-state index is 6.21. The second-order valence-electron chi connectivity index (χ2n) is 19.8. The smallest absolute Gasteiger partial charge is 0.0991 e. The molecular weight excluding hydrogens is 1520 g/mol. The molecule has 17 unspecified atom stereocenters. The van der Waals surface area contributed by atoms with Crippen molar-refractivity contribution in [2.45, 2.75) is 210 Å². The summed E-state index contributed by atoms with van der Waals surface area (Å²) in [7, 11) is 18.2. The van der Waals surface area contributed by atoms with Crippen LogP contribution in [0.1, 0.15) is 214 Å². The predicted molar refractivity (Wildman–Crippen MR) is 434 cm³/mol. The molecule has 0 bridgehead atoms. The average molecular weight is 1640 g/mol. The molecule has 0 saturated carbocycles. The number of hydrogen-bond acceptors (Lipinski definition) is 5. The summed E-state index contributed by atoms with van der Waals surface area (Å²) in [6.07, 6.45) is 58.6. The van der Waals surface area contributed by atoms with Crippen LogP contribution in [0.25, 0.3) is 12.2 Å². The van der Waals surface area contributed by atoms with Gasteiger partial charge in [0.05, 0.1) is 45.6 Å². The molecule has 0 fully saturated rings. The molecule has 89 heavy (non-hydrogen) atoms. The Balaban J connectivity index is -0.000000592. The maximum absolute atomic E-state index is 6.21. The maximum Gasteiger partial charge on any atom is 0.0991 e. The normalized spacial score (nSPS) is 14.7. The van der Waals surface area contributed by atoms with E-state index in [0.717, 1.165) is 70.6 Å². The van der Waals surface area contributed by atoms with Gasteiger partial charge < -0.3 is 22.6 Å². The van der Waals surface area contributed by atoms with Crippen LogP contribution in [0, 0.1) is 79.5 Å². The van der Waals surface area contributed by atoms with Crippen LogP contribution >= 0.6 is 95.1 Å². The van der Waals surface area contributed by atoms with Gasteiger partial charge in [-0.1, -0.05) is 320 Å². The Morgan fingerprint density at radius 2 is 0.955 bits per heavy atom. The van der Waals surface area contributed by atoms with Gasteiger partial charge in [0.25, 0.3) is 0 Å². The van der Waals surface area contributed by atoms with Crippen molar-refractivity contribution in [2.24, 2.45) is 17.8 Å². The number of unbranched alkanes of at least 4 members (excludes halogenated alkanes) is 2. The molecule has 0 aliphatic rings. The van der Waals surface area contributed by atoms with E-state index in [1.807, 2.05) is 33.8 Å². The number of hydrogen-bond donors (Lipinski definition) is 0. The molecule has 0 aromatic heterocycles.